The molecule has 3 heteroatoms. The second-order valence-electron chi connectivity index (χ2n) is 9.26. The van der Waals surface area contributed by atoms with Crippen LogP contribution in [0, 0.1) is 17.1 Å². The first-order chi connectivity index (χ1) is 17.2. The Morgan fingerprint density at radius 3 is 1.91 bits per heavy atom. The van der Waals surface area contributed by atoms with E-state index >= 15 is 4.39 Å². The molecule has 0 aliphatic carbocycles. The van der Waals surface area contributed by atoms with E-state index in [2.05, 4.69) is 38.1 Å². The molecule has 0 fully saturated rings. The van der Waals surface area contributed by atoms with Gasteiger partial charge in [0.25, 0.3) is 0 Å². The highest BCUT2D eigenvalue weighted by atomic mass is 19.1. The molecular formula is C32H38FNO. The van der Waals surface area contributed by atoms with Crippen molar-refractivity contribution in [3.8, 4) is 34.1 Å². The number of halogens is 1. The summed E-state index contributed by atoms with van der Waals surface area (Å²) < 4.78 is 21.0. The molecule has 0 saturated carbocycles. The Balaban J connectivity index is 1.65. The summed E-state index contributed by atoms with van der Waals surface area (Å²) in [5.41, 5.74) is 4.76. The number of hydrogen-bond acceptors (Lipinski definition) is 2. The largest absolute Gasteiger partial charge is 0.492 e. The van der Waals surface area contributed by atoms with E-state index < -0.39 is 5.82 Å². The number of unbranched alkanes of at least 4 members (excludes halogenated alkanes) is 7. The predicted octanol–water partition coefficient (Wildman–Crippen LogP) is 9.50. The van der Waals surface area contributed by atoms with Gasteiger partial charge in [-0.25, -0.2) is 4.39 Å². The lowest BCUT2D eigenvalue weighted by Crippen LogP contribution is -2.01. The highest BCUT2D eigenvalue weighted by Gasteiger charge is 2.16. The zero-order valence-corrected chi connectivity index (χ0v) is 21.3. The summed E-state index contributed by atoms with van der Waals surface area (Å²) in [5, 5.41) is 9.58. The summed E-state index contributed by atoms with van der Waals surface area (Å²) in [6.07, 6.45) is 11.8. The van der Waals surface area contributed by atoms with Crippen LogP contribution in [0.25, 0.3) is 22.3 Å². The number of nitriles is 1. The van der Waals surface area contributed by atoms with E-state index in [1.165, 1.54) is 50.5 Å². The van der Waals surface area contributed by atoms with Gasteiger partial charge in [-0.3, -0.25) is 0 Å². The summed E-state index contributed by atoms with van der Waals surface area (Å²) in [6.45, 7) is 4.93. The first-order valence-electron chi connectivity index (χ1n) is 13.2. The number of benzene rings is 3. The van der Waals surface area contributed by atoms with E-state index in [1.807, 2.05) is 30.3 Å². The van der Waals surface area contributed by atoms with Crippen molar-refractivity contribution in [1.29, 1.82) is 5.26 Å². The minimum atomic E-state index is -0.517. The molecule has 3 aromatic rings. The summed E-state index contributed by atoms with van der Waals surface area (Å²) in [7, 11) is 0. The number of nitrogens with zero attached hydrogens (tertiary/aromatic N) is 1. The zero-order chi connectivity index (χ0) is 24.9. The van der Waals surface area contributed by atoms with Crippen LogP contribution in [-0.4, -0.2) is 6.61 Å². The fourth-order valence-electron chi connectivity index (χ4n) is 4.36. The lowest BCUT2D eigenvalue weighted by molar-refractivity contribution is 0.302. The quantitative estimate of drug-likeness (QED) is 0.219. The smallest absolute Gasteiger partial charge is 0.152 e. The number of ether oxygens (including phenoxy) is 1. The first-order valence-corrected chi connectivity index (χ1v) is 13.2. The van der Waals surface area contributed by atoms with E-state index in [-0.39, 0.29) is 5.56 Å². The van der Waals surface area contributed by atoms with Crippen LogP contribution in [-0.2, 0) is 6.42 Å². The Morgan fingerprint density at radius 1 is 0.686 bits per heavy atom. The second-order valence-corrected chi connectivity index (χ2v) is 9.26. The average Bonchev–Trinajstić information content (AvgIpc) is 2.89. The molecule has 0 spiro atoms. The predicted molar refractivity (Wildman–Crippen MR) is 144 cm³/mol. The van der Waals surface area contributed by atoms with E-state index in [0.717, 1.165) is 36.0 Å². The van der Waals surface area contributed by atoms with E-state index in [0.29, 0.717) is 17.9 Å². The van der Waals surface area contributed by atoms with Gasteiger partial charge in [-0.15, -0.1) is 0 Å². The van der Waals surface area contributed by atoms with Crippen LogP contribution in [0.15, 0.2) is 60.7 Å². The average molecular weight is 472 g/mol. The second kappa shape index (κ2) is 14.3. The van der Waals surface area contributed by atoms with Gasteiger partial charge in [0, 0.05) is 5.56 Å². The molecule has 0 unspecified atom stereocenters. The van der Waals surface area contributed by atoms with Crippen molar-refractivity contribution < 1.29 is 9.13 Å². The molecule has 0 radical (unpaired) electrons. The molecule has 0 atom stereocenters. The molecule has 0 aliphatic rings. The van der Waals surface area contributed by atoms with Crippen LogP contribution in [0.1, 0.15) is 82.8 Å². The standard InChI is InChI=1S/C32H38FNO/c1-3-5-7-8-9-11-23-35-31-22-21-29(32(33)30(31)24-34)28-19-17-27(18-20-28)26-15-13-25(14-16-26)12-10-6-4-2/h13-22H,3-12,23H2,1-2H3. The van der Waals surface area contributed by atoms with Gasteiger partial charge in [-0.1, -0.05) is 107 Å². The summed E-state index contributed by atoms with van der Waals surface area (Å²) in [4.78, 5) is 0. The third-order valence-electron chi connectivity index (χ3n) is 6.52. The fraction of sp³-hybridized carbons (Fsp3) is 0.406. The summed E-state index contributed by atoms with van der Waals surface area (Å²) in [5.74, 6) is -0.185. The van der Waals surface area contributed by atoms with Gasteiger partial charge < -0.3 is 4.74 Å². The summed E-state index contributed by atoms with van der Waals surface area (Å²) >= 11 is 0. The minimum Gasteiger partial charge on any atom is -0.492 e. The Hall–Kier alpha value is -3.12. The summed E-state index contributed by atoms with van der Waals surface area (Å²) in [6, 6.07) is 22.0. The van der Waals surface area contributed by atoms with E-state index in [4.69, 9.17) is 4.74 Å². The van der Waals surface area contributed by atoms with Crippen molar-refractivity contribution in [2.24, 2.45) is 0 Å². The molecule has 0 heterocycles. The van der Waals surface area contributed by atoms with Crippen molar-refractivity contribution in [2.75, 3.05) is 6.61 Å². The fourth-order valence-corrected chi connectivity index (χ4v) is 4.36. The molecule has 0 N–H and O–H groups in total. The first kappa shape index (κ1) is 26.5. The van der Waals surface area contributed by atoms with E-state index in [9.17, 15) is 5.26 Å². The van der Waals surface area contributed by atoms with Crippen molar-refractivity contribution >= 4 is 0 Å². The van der Waals surface area contributed by atoms with Gasteiger partial charge in [0.05, 0.1) is 6.61 Å². The maximum atomic E-state index is 15.2. The number of aryl methyl sites for hydroxylation is 1. The topological polar surface area (TPSA) is 33.0 Å². The lowest BCUT2D eigenvalue weighted by Gasteiger charge is -2.12. The Morgan fingerprint density at radius 2 is 1.26 bits per heavy atom. The van der Waals surface area contributed by atoms with Gasteiger partial charge in [0.1, 0.15) is 17.4 Å². The third-order valence-corrected chi connectivity index (χ3v) is 6.52. The normalized spacial score (nSPS) is 10.8. The third kappa shape index (κ3) is 7.69. The number of rotatable bonds is 14. The van der Waals surface area contributed by atoms with Crippen LogP contribution in [0.3, 0.4) is 0 Å². The van der Waals surface area contributed by atoms with Gasteiger partial charge in [0.2, 0.25) is 0 Å². The molecular weight excluding hydrogens is 433 g/mol. The van der Waals surface area contributed by atoms with Crippen molar-refractivity contribution in [2.45, 2.75) is 78.1 Å². The van der Waals surface area contributed by atoms with E-state index in [1.54, 1.807) is 12.1 Å². The van der Waals surface area contributed by atoms with Gasteiger partial charge in [-0.05, 0) is 53.6 Å². The lowest BCUT2D eigenvalue weighted by atomic mass is 9.97. The van der Waals surface area contributed by atoms with Crippen molar-refractivity contribution in [3.05, 3.63) is 77.6 Å². The van der Waals surface area contributed by atoms with Crippen LogP contribution in [0.5, 0.6) is 5.75 Å². The van der Waals surface area contributed by atoms with Crippen LogP contribution in [0.4, 0.5) is 4.39 Å². The van der Waals surface area contributed by atoms with Crippen molar-refractivity contribution in [3.63, 3.8) is 0 Å². The van der Waals surface area contributed by atoms with Crippen molar-refractivity contribution in [1.82, 2.24) is 0 Å². The molecule has 2 nitrogen and oxygen atoms in total. The molecule has 0 saturated heterocycles. The Bertz CT molecular complexity index is 1080. The minimum absolute atomic E-state index is 0.0174. The monoisotopic (exact) mass is 471 g/mol. The highest BCUT2D eigenvalue weighted by molar-refractivity contribution is 5.72. The molecule has 3 aromatic carbocycles. The maximum Gasteiger partial charge on any atom is 0.152 e. The molecule has 0 amide bonds. The van der Waals surface area contributed by atoms with Crippen LogP contribution in [0.2, 0.25) is 0 Å². The highest BCUT2D eigenvalue weighted by Crippen LogP contribution is 2.32. The van der Waals surface area contributed by atoms with Gasteiger partial charge in [0.15, 0.2) is 5.82 Å². The number of hydrogen-bond donors (Lipinski definition) is 0. The van der Waals surface area contributed by atoms with Crippen LogP contribution < -0.4 is 4.74 Å². The zero-order valence-electron chi connectivity index (χ0n) is 21.3. The Labute approximate surface area is 210 Å². The molecule has 35 heavy (non-hydrogen) atoms. The molecule has 0 aliphatic heterocycles. The Kier molecular flexibility index (Phi) is 10.8. The maximum absolute atomic E-state index is 15.2. The van der Waals surface area contributed by atoms with Crippen LogP contribution >= 0.6 is 0 Å². The molecule has 184 valence electrons. The van der Waals surface area contributed by atoms with Gasteiger partial charge in [-0.2, -0.15) is 5.26 Å². The SMILES string of the molecule is CCCCCCCCOc1ccc(-c2ccc(-c3ccc(CCCCC)cc3)cc2)c(F)c1C#N. The molecule has 0 bridgehead atoms. The molecule has 3 rings (SSSR count). The van der Waals surface area contributed by atoms with Gasteiger partial charge >= 0.3 is 0 Å². The molecule has 0 aromatic heterocycles.